The van der Waals surface area contributed by atoms with Crippen molar-refractivity contribution >= 4 is 5.97 Å². The van der Waals surface area contributed by atoms with Gasteiger partial charge in [0.25, 0.3) is 0 Å². The number of halogens is 1. The van der Waals surface area contributed by atoms with Crippen molar-refractivity contribution in [2.75, 3.05) is 20.2 Å². The molecule has 6 heteroatoms. The van der Waals surface area contributed by atoms with E-state index in [0.717, 1.165) is 30.6 Å². The molecule has 0 bridgehead atoms. The summed E-state index contributed by atoms with van der Waals surface area (Å²) < 4.78 is 20.1. The summed E-state index contributed by atoms with van der Waals surface area (Å²) in [6, 6.07) is 6.38. The largest absolute Gasteiger partial charge is 0.465 e. The van der Waals surface area contributed by atoms with Crippen LogP contribution in [-0.2, 0) is 28.9 Å². The third kappa shape index (κ3) is 3.48. The lowest BCUT2D eigenvalue weighted by Crippen LogP contribution is -2.27. The zero-order valence-corrected chi connectivity index (χ0v) is 14.1. The first-order chi connectivity index (χ1) is 11.6. The van der Waals surface area contributed by atoms with Gasteiger partial charge < -0.3 is 4.74 Å². The van der Waals surface area contributed by atoms with Gasteiger partial charge in [0.1, 0.15) is 5.82 Å². The molecule has 1 aliphatic carbocycles. The Morgan fingerprint density at radius 3 is 2.79 bits per heavy atom. The summed E-state index contributed by atoms with van der Waals surface area (Å²) in [6.07, 6.45) is 3.07. The lowest BCUT2D eigenvalue weighted by Gasteiger charge is -2.14. The SMILES string of the molecule is CCOC(=O)CN(C)Cc1nn(-c2ccc(F)cc2)c2c1CCC2. The molecule has 0 saturated heterocycles. The summed E-state index contributed by atoms with van der Waals surface area (Å²) in [5.41, 5.74) is 4.31. The summed E-state index contributed by atoms with van der Waals surface area (Å²) in [7, 11) is 1.88. The molecular formula is C18H22FN3O2. The van der Waals surface area contributed by atoms with Crippen LogP contribution in [0.25, 0.3) is 5.69 Å². The summed E-state index contributed by atoms with van der Waals surface area (Å²) in [6.45, 7) is 3.03. The van der Waals surface area contributed by atoms with Crippen molar-refractivity contribution in [3.05, 3.63) is 47.0 Å². The molecule has 1 aliphatic rings. The van der Waals surface area contributed by atoms with Crippen LogP contribution in [0, 0.1) is 5.82 Å². The molecule has 5 nitrogen and oxygen atoms in total. The van der Waals surface area contributed by atoms with Crippen molar-refractivity contribution in [3.8, 4) is 5.69 Å². The number of likely N-dealkylation sites (N-methyl/N-ethyl adjacent to an activating group) is 1. The number of esters is 1. The number of fused-ring (bicyclic) bond motifs is 1. The molecule has 0 N–H and O–H groups in total. The fourth-order valence-electron chi connectivity index (χ4n) is 3.18. The minimum Gasteiger partial charge on any atom is -0.465 e. The topological polar surface area (TPSA) is 47.4 Å². The van der Waals surface area contributed by atoms with E-state index in [0.29, 0.717) is 13.2 Å². The Hall–Kier alpha value is -2.21. The fraction of sp³-hybridized carbons (Fsp3) is 0.444. The van der Waals surface area contributed by atoms with Crippen LogP contribution in [0.2, 0.25) is 0 Å². The van der Waals surface area contributed by atoms with Crippen molar-refractivity contribution in [3.63, 3.8) is 0 Å². The van der Waals surface area contributed by atoms with Gasteiger partial charge in [-0.25, -0.2) is 9.07 Å². The predicted octanol–water partition coefficient (Wildman–Crippen LogP) is 2.50. The zero-order chi connectivity index (χ0) is 17.1. The number of hydrogen-bond acceptors (Lipinski definition) is 4. The molecule has 0 atom stereocenters. The molecule has 1 aromatic heterocycles. The highest BCUT2D eigenvalue weighted by Gasteiger charge is 2.24. The van der Waals surface area contributed by atoms with E-state index in [2.05, 4.69) is 0 Å². The fourth-order valence-corrected chi connectivity index (χ4v) is 3.18. The lowest BCUT2D eigenvalue weighted by molar-refractivity contribution is -0.144. The molecule has 0 spiro atoms. The highest BCUT2D eigenvalue weighted by Crippen LogP contribution is 2.28. The van der Waals surface area contributed by atoms with Crippen LogP contribution < -0.4 is 0 Å². The second-order valence-electron chi connectivity index (χ2n) is 6.09. The molecule has 3 rings (SSSR count). The van der Waals surface area contributed by atoms with Gasteiger partial charge in [-0.15, -0.1) is 0 Å². The second kappa shape index (κ2) is 7.13. The van der Waals surface area contributed by atoms with E-state index in [1.54, 1.807) is 19.1 Å². The number of hydrogen-bond donors (Lipinski definition) is 0. The average Bonchev–Trinajstić information content (AvgIpc) is 3.12. The van der Waals surface area contributed by atoms with E-state index in [9.17, 15) is 9.18 Å². The van der Waals surface area contributed by atoms with Crippen LogP contribution in [0.3, 0.4) is 0 Å². The van der Waals surface area contributed by atoms with Crippen LogP contribution in [0.5, 0.6) is 0 Å². The molecule has 24 heavy (non-hydrogen) atoms. The quantitative estimate of drug-likeness (QED) is 0.763. The van der Waals surface area contributed by atoms with Crippen molar-refractivity contribution in [2.45, 2.75) is 32.7 Å². The molecule has 0 amide bonds. The van der Waals surface area contributed by atoms with E-state index in [4.69, 9.17) is 9.84 Å². The van der Waals surface area contributed by atoms with E-state index < -0.39 is 0 Å². The second-order valence-corrected chi connectivity index (χ2v) is 6.09. The maximum Gasteiger partial charge on any atom is 0.320 e. The van der Waals surface area contributed by atoms with E-state index in [1.165, 1.54) is 23.4 Å². The minimum atomic E-state index is -0.253. The summed E-state index contributed by atoms with van der Waals surface area (Å²) in [5, 5.41) is 4.73. The average molecular weight is 331 g/mol. The third-order valence-electron chi connectivity index (χ3n) is 4.21. The first kappa shape index (κ1) is 16.6. The highest BCUT2D eigenvalue weighted by molar-refractivity contribution is 5.71. The first-order valence-corrected chi connectivity index (χ1v) is 8.28. The molecule has 0 aliphatic heterocycles. The monoisotopic (exact) mass is 331 g/mol. The summed E-state index contributed by atoms with van der Waals surface area (Å²) in [5.74, 6) is -0.480. The van der Waals surface area contributed by atoms with Gasteiger partial charge >= 0.3 is 5.97 Å². The number of aromatic nitrogens is 2. The Labute approximate surface area is 141 Å². The molecule has 0 radical (unpaired) electrons. The minimum absolute atomic E-state index is 0.227. The number of carbonyl (C=O) groups excluding carboxylic acids is 1. The third-order valence-corrected chi connectivity index (χ3v) is 4.21. The Bertz CT molecular complexity index is 725. The zero-order valence-electron chi connectivity index (χ0n) is 14.1. The molecule has 1 aromatic carbocycles. The van der Waals surface area contributed by atoms with Gasteiger partial charge in [-0.2, -0.15) is 5.10 Å². The van der Waals surface area contributed by atoms with Gasteiger partial charge in [-0.3, -0.25) is 9.69 Å². The Kier molecular flexibility index (Phi) is 4.94. The van der Waals surface area contributed by atoms with Gasteiger partial charge in [0, 0.05) is 12.2 Å². The van der Waals surface area contributed by atoms with E-state index >= 15 is 0 Å². The number of rotatable bonds is 6. The molecule has 0 fully saturated rings. The normalized spacial score (nSPS) is 13.3. The van der Waals surface area contributed by atoms with Crippen molar-refractivity contribution in [2.24, 2.45) is 0 Å². The lowest BCUT2D eigenvalue weighted by atomic mass is 10.2. The van der Waals surface area contributed by atoms with Gasteiger partial charge in [0.15, 0.2) is 0 Å². The molecule has 0 unspecified atom stereocenters. The first-order valence-electron chi connectivity index (χ1n) is 8.28. The van der Waals surface area contributed by atoms with Crippen molar-refractivity contribution < 1.29 is 13.9 Å². The summed E-state index contributed by atoms with van der Waals surface area (Å²) in [4.78, 5) is 13.5. The number of ether oxygens (including phenoxy) is 1. The van der Waals surface area contributed by atoms with Gasteiger partial charge in [0.2, 0.25) is 0 Å². The maximum absolute atomic E-state index is 13.2. The number of carbonyl (C=O) groups is 1. The van der Waals surface area contributed by atoms with E-state index in [-0.39, 0.29) is 18.3 Å². The molecule has 128 valence electrons. The molecule has 0 saturated carbocycles. The number of nitrogens with zero attached hydrogens (tertiary/aromatic N) is 3. The molecule has 1 heterocycles. The molecular weight excluding hydrogens is 309 g/mol. The highest BCUT2D eigenvalue weighted by atomic mass is 19.1. The van der Waals surface area contributed by atoms with Crippen LogP contribution in [0.4, 0.5) is 4.39 Å². The Morgan fingerprint density at radius 2 is 2.08 bits per heavy atom. The molecule has 2 aromatic rings. The standard InChI is InChI=1S/C18H22FN3O2/c1-3-24-18(23)12-21(2)11-16-15-5-4-6-17(15)22(20-16)14-9-7-13(19)8-10-14/h7-10H,3-6,11-12H2,1-2H3. The van der Waals surface area contributed by atoms with Gasteiger partial charge in [0.05, 0.1) is 24.5 Å². The number of benzene rings is 1. The Balaban J connectivity index is 1.81. The van der Waals surface area contributed by atoms with Crippen LogP contribution in [0.1, 0.15) is 30.3 Å². The van der Waals surface area contributed by atoms with Crippen LogP contribution in [-0.4, -0.2) is 40.8 Å². The van der Waals surface area contributed by atoms with Crippen LogP contribution in [0.15, 0.2) is 24.3 Å². The maximum atomic E-state index is 13.2. The van der Waals surface area contributed by atoms with Gasteiger partial charge in [-0.1, -0.05) is 0 Å². The Morgan fingerprint density at radius 1 is 1.33 bits per heavy atom. The van der Waals surface area contributed by atoms with Crippen molar-refractivity contribution in [1.82, 2.24) is 14.7 Å². The van der Waals surface area contributed by atoms with Crippen molar-refractivity contribution in [1.29, 1.82) is 0 Å². The van der Waals surface area contributed by atoms with Crippen LogP contribution >= 0.6 is 0 Å². The van der Waals surface area contributed by atoms with E-state index in [1.807, 2.05) is 16.6 Å². The smallest absolute Gasteiger partial charge is 0.320 e. The summed E-state index contributed by atoms with van der Waals surface area (Å²) >= 11 is 0. The van der Waals surface area contributed by atoms with Gasteiger partial charge in [-0.05, 0) is 63.1 Å². The predicted molar refractivity (Wildman–Crippen MR) is 88.5 cm³/mol.